The molecule has 0 bridgehead atoms. The van der Waals surface area contributed by atoms with Crippen LogP contribution in [0.5, 0.6) is 0 Å². The van der Waals surface area contributed by atoms with Crippen molar-refractivity contribution in [1.29, 1.82) is 0 Å². The van der Waals surface area contributed by atoms with Crippen LogP contribution in [0.3, 0.4) is 0 Å². The van der Waals surface area contributed by atoms with Gasteiger partial charge < -0.3 is 132 Å². The summed E-state index contributed by atoms with van der Waals surface area (Å²) in [6.07, 6.45) is 5.25. The summed E-state index contributed by atoms with van der Waals surface area (Å²) in [5, 5.41) is 208. The van der Waals surface area contributed by atoms with Crippen LogP contribution in [0.15, 0.2) is 0 Å². The van der Waals surface area contributed by atoms with E-state index in [1.54, 1.807) is 0 Å². The van der Waals surface area contributed by atoms with E-state index in [1.165, 1.54) is 0 Å². The summed E-state index contributed by atoms with van der Waals surface area (Å²) >= 11 is 0. The smallest absolute Gasteiger partial charge is 0.0632 e. The van der Waals surface area contributed by atoms with Gasteiger partial charge in [-0.15, -0.1) is 0 Å². The molecule has 0 aliphatic heterocycles. The predicted octanol–water partition coefficient (Wildman–Crippen LogP) is -6.63. The molecule has 0 heterocycles. The van der Waals surface area contributed by atoms with Gasteiger partial charge in [-0.25, -0.2) is 0 Å². The molecule has 0 aromatic heterocycles. The first-order chi connectivity index (χ1) is 36.2. The van der Waals surface area contributed by atoms with Gasteiger partial charge in [0, 0.05) is 59.5 Å². The van der Waals surface area contributed by atoms with Crippen molar-refractivity contribution in [2.24, 2.45) is 56.2 Å². The molecule has 0 aromatic carbocycles. The summed E-state index contributed by atoms with van der Waals surface area (Å²) in [5.74, 6) is 0.491. The van der Waals surface area contributed by atoms with Gasteiger partial charge in [-0.1, -0.05) is 20.8 Å². The maximum Gasteiger partial charge on any atom is 0.0632 e. The van der Waals surface area contributed by atoms with Crippen LogP contribution >= 0.6 is 0 Å². The molecule has 0 aromatic rings. The van der Waals surface area contributed by atoms with Crippen LogP contribution in [0.25, 0.3) is 0 Å². The molecule has 76 heavy (non-hydrogen) atoms. The molecule has 0 spiro atoms. The van der Waals surface area contributed by atoms with Gasteiger partial charge in [0.15, 0.2) is 0 Å². The average molecular weight is 1130 g/mol. The van der Waals surface area contributed by atoms with E-state index in [-0.39, 0.29) is 122 Å². The predicted molar refractivity (Wildman–Crippen MR) is 278 cm³/mol. The molecule has 0 fully saturated rings. The Balaban J connectivity index is -0.000000291. The SMILES string of the molecule is CCC(C)(C)CO.OCC(CO)(CO)COCC(CO)(CO)CO.OCC(CO)(CO)COCC(CO)(CO)COCC(CO)(CO)CO.OCCC(CCO)C(CCO)CCO.OCCC(CO)C(CCO)CCO. The van der Waals surface area contributed by atoms with Crippen LogP contribution in [-0.2, 0) is 14.2 Å². The van der Waals surface area contributed by atoms with E-state index in [1.807, 2.05) is 13.8 Å². The Kier molecular flexibility index (Phi) is 57.4. The fraction of sp³-hybridized carbons (Fsp3) is 1.00. The quantitative estimate of drug-likeness (QED) is 0.0270. The summed E-state index contributed by atoms with van der Waals surface area (Å²) in [4.78, 5) is 0. The minimum absolute atomic E-state index is 0.00519. The van der Waals surface area contributed by atoms with Crippen molar-refractivity contribution in [3.63, 3.8) is 0 Å². The largest absolute Gasteiger partial charge is 0.396 e. The van der Waals surface area contributed by atoms with Gasteiger partial charge in [0.2, 0.25) is 0 Å². The lowest BCUT2D eigenvalue weighted by molar-refractivity contribution is -0.127. The summed E-state index contributed by atoms with van der Waals surface area (Å²) < 4.78 is 15.9. The van der Waals surface area contributed by atoms with Gasteiger partial charge in [-0.05, 0) is 80.5 Å². The summed E-state index contributed by atoms with van der Waals surface area (Å²) in [7, 11) is 0. The lowest BCUT2D eigenvalue weighted by Crippen LogP contribution is -2.45. The van der Waals surface area contributed by atoms with Crippen molar-refractivity contribution in [1.82, 2.24) is 0 Å². The summed E-state index contributed by atoms with van der Waals surface area (Å²) in [6, 6.07) is 0. The van der Waals surface area contributed by atoms with E-state index in [0.717, 1.165) is 6.42 Å². The maximum absolute atomic E-state index is 9.56. The second-order valence-corrected chi connectivity index (χ2v) is 20.7. The first-order valence-corrected chi connectivity index (χ1v) is 25.9. The number of aliphatic hydroxyl groups excluding tert-OH is 23. The van der Waals surface area contributed by atoms with Gasteiger partial charge in [-0.3, -0.25) is 0 Å². The molecule has 0 saturated heterocycles. The molecule has 26 heteroatoms. The molecule has 466 valence electrons. The van der Waals surface area contributed by atoms with E-state index >= 15 is 0 Å². The molecule has 26 nitrogen and oxygen atoms in total. The molecule has 0 aliphatic rings. The molecule has 0 radical (unpaired) electrons. The fourth-order valence-corrected chi connectivity index (χ4v) is 6.47. The second kappa shape index (κ2) is 52.1. The van der Waals surface area contributed by atoms with Crippen LogP contribution in [0.1, 0.15) is 72.1 Å². The van der Waals surface area contributed by atoms with Crippen molar-refractivity contribution in [3.8, 4) is 0 Å². The van der Waals surface area contributed by atoms with Crippen molar-refractivity contribution >= 4 is 0 Å². The van der Waals surface area contributed by atoms with Crippen molar-refractivity contribution < 1.29 is 132 Å². The molecular weight excluding hydrogens is 1020 g/mol. The number of ether oxygens (including phenoxy) is 3. The Morgan fingerprint density at radius 3 is 0.553 bits per heavy atom. The number of hydrogen-bond acceptors (Lipinski definition) is 26. The van der Waals surface area contributed by atoms with E-state index in [0.29, 0.717) is 51.6 Å². The standard InChI is InChI=1S/C15H32O10.C10H22O7.C10H22O4.C9H20O4.C6H14O/c16-1-13(2-17,3-18)9-24-11-15(7-22,8-23)12-25-10-14(4-19,5-20)6-21;11-1-9(2-12,3-13)7-17-8-10(4-14,5-15)6-16;11-5-1-9(2-6-12)10(3-7-13)4-8-14;10-4-1-8(2-5-11)9(7-13)3-6-12;1-4-6(2,3)5-7/h16-23H,1-12H2;11-16H,1-8H2;9-14H,1-8H2;8-13H,1-7H2;7H,4-5H2,1-3H3. The number of hydrogen-bond donors (Lipinski definition) is 23. The van der Waals surface area contributed by atoms with Gasteiger partial charge >= 0.3 is 0 Å². The van der Waals surface area contributed by atoms with Crippen LogP contribution in [0.4, 0.5) is 0 Å². The van der Waals surface area contributed by atoms with E-state index < -0.39 is 120 Å². The van der Waals surface area contributed by atoms with Crippen LogP contribution in [-0.4, -0.2) is 309 Å². The number of aliphatic hydroxyl groups is 23. The maximum atomic E-state index is 9.56. The monoisotopic (exact) mass is 1130 g/mol. The third-order valence-corrected chi connectivity index (χ3v) is 13.6. The van der Waals surface area contributed by atoms with Crippen LogP contribution in [0, 0.1) is 56.2 Å². The third kappa shape index (κ3) is 36.3. The highest BCUT2D eigenvalue weighted by Gasteiger charge is 2.36. The highest BCUT2D eigenvalue weighted by molar-refractivity contribution is 4.83. The Hall–Kier alpha value is -1.04. The Morgan fingerprint density at radius 1 is 0.250 bits per heavy atom. The highest BCUT2D eigenvalue weighted by atomic mass is 16.5. The highest BCUT2D eigenvalue weighted by Crippen LogP contribution is 2.27. The van der Waals surface area contributed by atoms with Gasteiger partial charge in [0.25, 0.3) is 0 Å². The topological polar surface area (TPSA) is 493 Å². The van der Waals surface area contributed by atoms with Crippen LogP contribution < -0.4 is 0 Å². The van der Waals surface area contributed by atoms with Gasteiger partial charge in [0.1, 0.15) is 0 Å². The lowest BCUT2D eigenvalue weighted by atomic mass is 9.83. The second-order valence-electron chi connectivity index (χ2n) is 20.7. The zero-order chi connectivity index (χ0) is 59.6. The average Bonchev–Trinajstić information content (AvgIpc) is 3.45. The Labute approximate surface area is 450 Å². The molecule has 0 amide bonds. The van der Waals surface area contributed by atoms with Crippen molar-refractivity contribution in [2.45, 2.75) is 72.1 Å². The fourth-order valence-electron chi connectivity index (χ4n) is 6.47. The Morgan fingerprint density at radius 2 is 0.421 bits per heavy atom. The van der Waals surface area contributed by atoms with E-state index in [9.17, 15) is 40.9 Å². The Bertz CT molecular complexity index is 1050. The number of rotatable bonds is 45. The summed E-state index contributed by atoms with van der Waals surface area (Å²) in [5.41, 5.74) is -5.87. The first kappa shape index (κ1) is 83.8. The molecule has 0 rings (SSSR count). The van der Waals surface area contributed by atoms with Gasteiger partial charge in [-0.2, -0.15) is 0 Å². The molecule has 23 N–H and O–H groups in total. The lowest BCUT2D eigenvalue weighted by Gasteiger charge is -2.34. The third-order valence-electron chi connectivity index (χ3n) is 13.6. The zero-order valence-corrected chi connectivity index (χ0v) is 46.0. The van der Waals surface area contributed by atoms with E-state index in [4.69, 9.17) is 90.8 Å². The van der Waals surface area contributed by atoms with Crippen molar-refractivity contribution in [2.75, 3.05) is 192 Å². The summed E-state index contributed by atoms with van der Waals surface area (Å²) in [6.45, 7) is -0.804. The van der Waals surface area contributed by atoms with E-state index in [2.05, 4.69) is 6.92 Å². The minimum atomic E-state index is -1.24. The molecule has 1 unspecified atom stereocenters. The van der Waals surface area contributed by atoms with Gasteiger partial charge in [0.05, 0.1) is 159 Å². The first-order valence-electron chi connectivity index (χ1n) is 25.9. The molecule has 0 aliphatic carbocycles. The van der Waals surface area contributed by atoms with Crippen molar-refractivity contribution in [3.05, 3.63) is 0 Å². The normalized spacial score (nSPS) is 12.9. The molecular formula is C50H110O26. The molecule has 0 saturated carbocycles. The minimum Gasteiger partial charge on any atom is -0.396 e. The van der Waals surface area contributed by atoms with Crippen LogP contribution in [0.2, 0.25) is 0 Å². The zero-order valence-electron chi connectivity index (χ0n) is 46.0. The molecule has 1 atom stereocenters.